The van der Waals surface area contributed by atoms with Crippen molar-refractivity contribution in [3.05, 3.63) is 48.5 Å². The molecule has 0 amide bonds. The van der Waals surface area contributed by atoms with Crippen LogP contribution in [0.2, 0.25) is 0 Å². The molecular formula is C16H18ClO2Tl. The van der Waals surface area contributed by atoms with Gasteiger partial charge in [-0.05, 0) is 0 Å². The molecular weight excluding hydrogens is 464 g/mol. The van der Waals surface area contributed by atoms with E-state index in [0.717, 1.165) is 11.5 Å². The Morgan fingerprint density at radius 2 is 1.10 bits per heavy atom. The average Bonchev–Trinajstić information content (AvgIpc) is 2.49. The molecule has 104 valence electrons. The van der Waals surface area contributed by atoms with Crippen molar-refractivity contribution in [2.24, 2.45) is 0 Å². The number of halogens is 1. The number of rotatable bonds is 6. The SMILES string of the molecule is CCOc1cc[c]([Tl]([Cl])[c]2ccc(OCC)cc2)cc1. The van der Waals surface area contributed by atoms with Gasteiger partial charge in [-0.2, -0.15) is 0 Å². The van der Waals surface area contributed by atoms with Crippen molar-refractivity contribution in [1.82, 2.24) is 0 Å². The first-order valence-corrected chi connectivity index (χ1v) is 16.9. The summed E-state index contributed by atoms with van der Waals surface area (Å²) in [5.41, 5.74) is 0. The fraction of sp³-hybridized carbons (Fsp3) is 0.250. The van der Waals surface area contributed by atoms with Gasteiger partial charge in [0.2, 0.25) is 0 Å². The molecule has 0 aromatic heterocycles. The van der Waals surface area contributed by atoms with E-state index in [9.17, 15) is 0 Å². The van der Waals surface area contributed by atoms with Gasteiger partial charge in [-0.25, -0.2) is 0 Å². The van der Waals surface area contributed by atoms with Crippen LogP contribution in [0, 0.1) is 0 Å². The molecule has 0 spiro atoms. The molecule has 0 aliphatic carbocycles. The average molecular weight is 482 g/mol. The van der Waals surface area contributed by atoms with Gasteiger partial charge in [-0.15, -0.1) is 0 Å². The Kier molecular flexibility index (Phi) is 6.16. The van der Waals surface area contributed by atoms with Crippen LogP contribution in [-0.4, -0.2) is 34.7 Å². The van der Waals surface area contributed by atoms with E-state index in [1.54, 1.807) is 0 Å². The van der Waals surface area contributed by atoms with Crippen LogP contribution < -0.4 is 15.7 Å². The first kappa shape index (κ1) is 15.6. The second kappa shape index (κ2) is 7.88. The summed E-state index contributed by atoms with van der Waals surface area (Å²) >= 11 is -2.52. The summed E-state index contributed by atoms with van der Waals surface area (Å²) in [4.78, 5) is 0. The molecule has 0 saturated carbocycles. The molecule has 0 unspecified atom stereocenters. The van der Waals surface area contributed by atoms with E-state index in [1.807, 2.05) is 38.1 Å². The molecule has 20 heavy (non-hydrogen) atoms. The first-order chi connectivity index (χ1) is 9.74. The van der Waals surface area contributed by atoms with Crippen molar-refractivity contribution in [3.8, 4) is 11.5 Å². The predicted octanol–water partition coefficient (Wildman–Crippen LogP) is 2.83. The Labute approximate surface area is 132 Å². The number of hydrogen-bond donors (Lipinski definition) is 0. The zero-order valence-electron chi connectivity index (χ0n) is 11.8. The third-order valence-corrected chi connectivity index (χ3v) is 14.9. The molecule has 0 heterocycles. The van der Waals surface area contributed by atoms with Crippen LogP contribution in [0.5, 0.6) is 11.5 Å². The molecule has 0 atom stereocenters. The van der Waals surface area contributed by atoms with Gasteiger partial charge in [-0.1, -0.05) is 0 Å². The normalized spacial score (nSPS) is 10.2. The fourth-order valence-electron chi connectivity index (χ4n) is 1.99. The van der Waals surface area contributed by atoms with Crippen molar-refractivity contribution < 1.29 is 9.47 Å². The van der Waals surface area contributed by atoms with Crippen molar-refractivity contribution in [1.29, 1.82) is 0 Å². The van der Waals surface area contributed by atoms with Gasteiger partial charge in [0.1, 0.15) is 0 Å². The second-order valence-electron chi connectivity index (χ2n) is 4.37. The van der Waals surface area contributed by atoms with E-state index in [1.165, 1.54) is 6.25 Å². The van der Waals surface area contributed by atoms with E-state index < -0.39 is 21.5 Å². The number of ether oxygens (including phenoxy) is 2. The van der Waals surface area contributed by atoms with Crippen LogP contribution in [0.1, 0.15) is 13.8 Å². The summed E-state index contributed by atoms with van der Waals surface area (Å²) in [6, 6.07) is 16.4. The Hall–Kier alpha value is -0.748. The molecule has 2 aromatic rings. The second-order valence-corrected chi connectivity index (χ2v) is 16.2. The number of hydrogen-bond acceptors (Lipinski definition) is 2. The molecule has 0 aliphatic rings. The minimum atomic E-state index is -2.52. The maximum atomic E-state index is 6.73. The van der Waals surface area contributed by atoms with E-state index in [2.05, 4.69) is 24.3 Å². The van der Waals surface area contributed by atoms with Crippen LogP contribution >= 0.6 is 8.32 Å². The van der Waals surface area contributed by atoms with Gasteiger partial charge in [0.25, 0.3) is 0 Å². The van der Waals surface area contributed by atoms with E-state index in [-0.39, 0.29) is 0 Å². The molecule has 0 bridgehead atoms. The molecule has 0 N–H and O–H groups in total. The van der Waals surface area contributed by atoms with Gasteiger partial charge >= 0.3 is 133 Å². The minimum absolute atomic E-state index is 0.687. The molecule has 0 saturated heterocycles. The predicted molar refractivity (Wildman–Crippen MR) is 86.1 cm³/mol. The van der Waals surface area contributed by atoms with Gasteiger partial charge in [0, 0.05) is 0 Å². The van der Waals surface area contributed by atoms with Crippen molar-refractivity contribution in [2.75, 3.05) is 13.2 Å². The van der Waals surface area contributed by atoms with Gasteiger partial charge in [-0.3, -0.25) is 0 Å². The van der Waals surface area contributed by atoms with Gasteiger partial charge in [0.05, 0.1) is 0 Å². The monoisotopic (exact) mass is 482 g/mol. The van der Waals surface area contributed by atoms with Crippen LogP contribution in [0.3, 0.4) is 0 Å². The summed E-state index contributed by atoms with van der Waals surface area (Å²) in [6.07, 6.45) is 0. The summed E-state index contributed by atoms with van der Waals surface area (Å²) < 4.78 is 13.5. The van der Waals surface area contributed by atoms with Crippen molar-refractivity contribution in [2.45, 2.75) is 13.8 Å². The maximum absolute atomic E-state index is 6.73. The van der Waals surface area contributed by atoms with Gasteiger partial charge < -0.3 is 0 Å². The van der Waals surface area contributed by atoms with E-state index in [0.29, 0.717) is 13.2 Å². The Morgan fingerprint density at radius 1 is 0.750 bits per heavy atom. The molecule has 2 nitrogen and oxygen atoms in total. The molecule has 2 rings (SSSR count). The third-order valence-electron chi connectivity index (χ3n) is 2.97. The Morgan fingerprint density at radius 3 is 1.40 bits per heavy atom. The van der Waals surface area contributed by atoms with E-state index >= 15 is 0 Å². The molecule has 4 heteroatoms. The topological polar surface area (TPSA) is 18.5 Å². The molecule has 0 aliphatic heterocycles. The standard InChI is InChI=1S/2C8H9O.ClH.Tl/c2*1-2-9-8-6-4-3-5-7-8;;/h2*4-7H,2H2,1H3;1H;/q;;;+1/p-1. The summed E-state index contributed by atoms with van der Waals surface area (Å²) in [6.45, 7) is 5.34. The van der Waals surface area contributed by atoms with Crippen LogP contribution in [0.15, 0.2) is 48.5 Å². The van der Waals surface area contributed by atoms with Gasteiger partial charge in [0.15, 0.2) is 0 Å². The summed E-state index contributed by atoms with van der Waals surface area (Å²) in [5.74, 6) is 1.81. The van der Waals surface area contributed by atoms with Crippen LogP contribution in [0.4, 0.5) is 0 Å². The fourth-order valence-corrected chi connectivity index (χ4v) is 10.2. The Bertz CT molecular complexity index is 476. The summed E-state index contributed by atoms with van der Waals surface area (Å²) in [7, 11) is 6.73. The van der Waals surface area contributed by atoms with Crippen LogP contribution in [0.25, 0.3) is 0 Å². The molecule has 0 fully saturated rings. The van der Waals surface area contributed by atoms with E-state index in [4.69, 9.17) is 17.8 Å². The number of benzene rings is 2. The molecule has 2 aromatic carbocycles. The Balaban J connectivity index is 2.11. The summed E-state index contributed by atoms with van der Waals surface area (Å²) in [5, 5.41) is 0. The zero-order valence-corrected chi connectivity index (χ0v) is 17.0. The quantitative estimate of drug-likeness (QED) is 0.591. The molecule has 0 radical (unpaired) electrons. The van der Waals surface area contributed by atoms with Crippen molar-refractivity contribution in [3.63, 3.8) is 0 Å². The third kappa shape index (κ3) is 4.12. The van der Waals surface area contributed by atoms with Crippen molar-refractivity contribution >= 4 is 36.0 Å². The zero-order chi connectivity index (χ0) is 14.4. The first-order valence-electron chi connectivity index (χ1n) is 6.84. The van der Waals surface area contributed by atoms with Crippen LogP contribution in [-0.2, 0) is 0 Å².